The molecule has 0 N–H and O–H groups in total. The van der Waals surface area contributed by atoms with Crippen LogP contribution < -0.4 is 0 Å². The van der Waals surface area contributed by atoms with Crippen LogP contribution in [0.1, 0.15) is 18.4 Å². The summed E-state index contributed by atoms with van der Waals surface area (Å²) in [7, 11) is 0. The number of hydrogen-bond acceptors (Lipinski definition) is 1. The van der Waals surface area contributed by atoms with E-state index < -0.39 is 11.8 Å². The number of benzene rings is 1. The first-order valence-electron chi connectivity index (χ1n) is 4.92. The van der Waals surface area contributed by atoms with Crippen LogP contribution in [0.3, 0.4) is 0 Å². The van der Waals surface area contributed by atoms with Gasteiger partial charge in [-0.05, 0) is 30.5 Å². The molecule has 0 aliphatic carbocycles. The van der Waals surface area contributed by atoms with Crippen LogP contribution in [-0.4, -0.2) is 12.8 Å². The average Bonchev–Trinajstić information content (AvgIpc) is 2.68. The molecule has 0 radical (unpaired) electrons. The van der Waals surface area contributed by atoms with Gasteiger partial charge in [-0.15, -0.1) is 0 Å². The van der Waals surface area contributed by atoms with Crippen molar-refractivity contribution < 1.29 is 17.9 Å². The van der Waals surface area contributed by atoms with Gasteiger partial charge in [-0.25, -0.2) is 0 Å². The molecule has 1 nitrogen and oxygen atoms in total. The van der Waals surface area contributed by atoms with E-state index in [1.165, 1.54) is 12.1 Å². The van der Waals surface area contributed by atoms with Gasteiger partial charge < -0.3 is 4.74 Å². The number of alkyl halides is 3. The van der Waals surface area contributed by atoms with Gasteiger partial charge in [0.25, 0.3) is 0 Å². The predicted molar refractivity (Wildman–Crippen MR) is 57.1 cm³/mol. The molecule has 1 aromatic rings. The summed E-state index contributed by atoms with van der Waals surface area (Å²) in [6.07, 6.45) is -3.93. The molecule has 0 spiro atoms. The maximum absolute atomic E-state index is 13.1. The van der Waals surface area contributed by atoms with E-state index in [-0.39, 0.29) is 18.6 Å². The Labute approximate surface area is 99.7 Å². The molecule has 2 rings (SSSR count). The van der Waals surface area contributed by atoms with Crippen molar-refractivity contribution >= 4 is 15.9 Å². The highest BCUT2D eigenvalue weighted by Crippen LogP contribution is 2.48. The minimum absolute atomic E-state index is 0.00185. The fourth-order valence-electron chi connectivity index (χ4n) is 1.97. The molecule has 16 heavy (non-hydrogen) atoms. The van der Waals surface area contributed by atoms with Crippen molar-refractivity contribution in [2.24, 2.45) is 0 Å². The second-order valence-corrected chi connectivity index (χ2v) is 4.70. The maximum atomic E-state index is 13.1. The summed E-state index contributed by atoms with van der Waals surface area (Å²) in [5.74, 6) is 0. The van der Waals surface area contributed by atoms with E-state index in [0.29, 0.717) is 6.42 Å². The standard InChI is InChI=1S/C11H10BrF3O/c12-9-4-2-8(3-5-9)10(11(13,14)15)6-1-7-16-10/h2-5H,1,6-7H2. The normalized spacial score (nSPS) is 26.0. The molecule has 0 bridgehead atoms. The van der Waals surface area contributed by atoms with Gasteiger partial charge in [0.15, 0.2) is 5.60 Å². The molecule has 5 heteroatoms. The van der Waals surface area contributed by atoms with Gasteiger partial charge in [-0.3, -0.25) is 0 Å². The van der Waals surface area contributed by atoms with Gasteiger partial charge in [0.05, 0.1) is 0 Å². The average molecular weight is 295 g/mol. The van der Waals surface area contributed by atoms with Crippen LogP contribution in [0.15, 0.2) is 28.7 Å². The van der Waals surface area contributed by atoms with Crippen LogP contribution in [-0.2, 0) is 10.3 Å². The summed E-state index contributed by atoms with van der Waals surface area (Å²) in [5.41, 5.74) is -1.92. The zero-order valence-corrected chi connectivity index (χ0v) is 9.94. The van der Waals surface area contributed by atoms with E-state index in [1.54, 1.807) is 12.1 Å². The Bertz CT molecular complexity index is 366. The van der Waals surface area contributed by atoms with Gasteiger partial charge >= 0.3 is 6.18 Å². The fraction of sp³-hybridized carbons (Fsp3) is 0.455. The smallest absolute Gasteiger partial charge is 0.361 e. The Morgan fingerprint density at radius 2 is 1.81 bits per heavy atom. The first-order chi connectivity index (χ1) is 7.46. The monoisotopic (exact) mass is 294 g/mol. The largest absolute Gasteiger partial charge is 0.421 e. The molecule has 88 valence electrons. The molecule has 1 atom stereocenters. The van der Waals surface area contributed by atoms with E-state index in [4.69, 9.17) is 4.74 Å². The van der Waals surface area contributed by atoms with Gasteiger partial charge in [0.1, 0.15) is 0 Å². The van der Waals surface area contributed by atoms with Crippen molar-refractivity contribution in [3.63, 3.8) is 0 Å². The second-order valence-electron chi connectivity index (χ2n) is 3.78. The van der Waals surface area contributed by atoms with Crippen LogP contribution in [0.25, 0.3) is 0 Å². The number of hydrogen-bond donors (Lipinski definition) is 0. The lowest BCUT2D eigenvalue weighted by Crippen LogP contribution is -2.41. The Kier molecular flexibility index (Phi) is 3.01. The molecule has 1 aliphatic heterocycles. The third kappa shape index (κ3) is 1.86. The van der Waals surface area contributed by atoms with Crippen LogP contribution in [0.2, 0.25) is 0 Å². The minimum atomic E-state index is -4.36. The SMILES string of the molecule is FC(F)(F)C1(c2ccc(Br)cc2)CCCO1. The van der Waals surface area contributed by atoms with Crippen LogP contribution in [0, 0.1) is 0 Å². The zero-order valence-electron chi connectivity index (χ0n) is 8.35. The van der Waals surface area contributed by atoms with E-state index in [0.717, 1.165) is 4.47 Å². The molecule has 0 amide bonds. The third-order valence-corrected chi connectivity index (χ3v) is 3.32. The Morgan fingerprint density at radius 3 is 2.25 bits per heavy atom. The van der Waals surface area contributed by atoms with Crippen molar-refractivity contribution in [2.75, 3.05) is 6.61 Å². The van der Waals surface area contributed by atoms with Gasteiger partial charge in [-0.1, -0.05) is 28.1 Å². The lowest BCUT2D eigenvalue weighted by atomic mass is 9.90. The number of rotatable bonds is 1. The molecule has 1 aromatic carbocycles. The van der Waals surface area contributed by atoms with E-state index in [9.17, 15) is 13.2 Å². The molecule has 1 fully saturated rings. The van der Waals surface area contributed by atoms with Crippen LogP contribution in [0.4, 0.5) is 13.2 Å². The molecular formula is C11H10BrF3O. The predicted octanol–water partition coefficient (Wildman–Crippen LogP) is 4.02. The van der Waals surface area contributed by atoms with Crippen molar-refractivity contribution in [1.82, 2.24) is 0 Å². The quantitative estimate of drug-likeness (QED) is 0.760. The van der Waals surface area contributed by atoms with Gasteiger partial charge in [-0.2, -0.15) is 13.2 Å². The van der Waals surface area contributed by atoms with Crippen molar-refractivity contribution in [3.05, 3.63) is 34.3 Å². The van der Waals surface area contributed by atoms with Gasteiger partial charge in [0, 0.05) is 11.1 Å². The number of halogens is 4. The Morgan fingerprint density at radius 1 is 1.19 bits per heavy atom. The first kappa shape index (κ1) is 11.9. The molecule has 1 heterocycles. The third-order valence-electron chi connectivity index (χ3n) is 2.79. The van der Waals surface area contributed by atoms with Crippen LogP contribution in [0.5, 0.6) is 0 Å². The zero-order chi connectivity index (χ0) is 11.8. The van der Waals surface area contributed by atoms with Crippen molar-refractivity contribution in [2.45, 2.75) is 24.6 Å². The van der Waals surface area contributed by atoms with Crippen molar-refractivity contribution in [3.8, 4) is 0 Å². The lowest BCUT2D eigenvalue weighted by molar-refractivity contribution is -0.269. The van der Waals surface area contributed by atoms with E-state index >= 15 is 0 Å². The molecule has 1 aliphatic rings. The fourth-order valence-corrected chi connectivity index (χ4v) is 2.24. The van der Waals surface area contributed by atoms with Crippen molar-refractivity contribution in [1.29, 1.82) is 0 Å². The highest BCUT2D eigenvalue weighted by atomic mass is 79.9. The summed E-state index contributed by atoms with van der Waals surface area (Å²) in [6, 6.07) is 6.13. The van der Waals surface area contributed by atoms with E-state index in [1.807, 2.05) is 0 Å². The minimum Gasteiger partial charge on any atom is -0.361 e. The second kappa shape index (κ2) is 4.04. The van der Waals surface area contributed by atoms with E-state index in [2.05, 4.69) is 15.9 Å². The lowest BCUT2D eigenvalue weighted by Gasteiger charge is -2.31. The highest BCUT2D eigenvalue weighted by molar-refractivity contribution is 9.10. The highest BCUT2D eigenvalue weighted by Gasteiger charge is 2.58. The topological polar surface area (TPSA) is 9.23 Å². The summed E-state index contributed by atoms with van der Waals surface area (Å²) in [4.78, 5) is 0. The molecular weight excluding hydrogens is 285 g/mol. The summed E-state index contributed by atoms with van der Waals surface area (Å²) >= 11 is 3.20. The first-order valence-corrected chi connectivity index (χ1v) is 5.72. The summed E-state index contributed by atoms with van der Waals surface area (Å²) in [5, 5.41) is 0. The molecule has 0 saturated carbocycles. The number of ether oxygens (including phenoxy) is 1. The maximum Gasteiger partial charge on any atom is 0.421 e. The van der Waals surface area contributed by atoms with Gasteiger partial charge in [0.2, 0.25) is 0 Å². The summed E-state index contributed by atoms with van der Waals surface area (Å²) < 4.78 is 44.9. The summed E-state index contributed by atoms with van der Waals surface area (Å²) in [6.45, 7) is 0.162. The van der Waals surface area contributed by atoms with Crippen LogP contribution >= 0.6 is 15.9 Å². The molecule has 0 aromatic heterocycles. The Balaban J connectivity index is 2.44. The Hall–Kier alpha value is -0.550. The molecule has 1 unspecified atom stereocenters. The molecule has 1 saturated heterocycles.